The topological polar surface area (TPSA) is 34.9 Å². The summed E-state index contributed by atoms with van der Waals surface area (Å²) >= 11 is -0.235. The molecule has 0 aliphatic rings. The molecule has 2 aromatic heterocycles. The number of hydrogen-bond acceptors (Lipinski definition) is 2. The minimum atomic E-state index is -0.235. The number of aryl methyl sites for hydroxylation is 1. The second kappa shape index (κ2) is 6.67. The second-order valence-corrected chi connectivity index (χ2v) is 7.99. The van der Waals surface area contributed by atoms with Crippen LogP contribution >= 0.6 is 0 Å². The summed E-state index contributed by atoms with van der Waals surface area (Å²) in [5, 5.41) is 1.03. The van der Waals surface area contributed by atoms with Gasteiger partial charge in [0.25, 0.3) is 0 Å². The fourth-order valence-electron chi connectivity index (χ4n) is 3.02. The number of benzene rings is 2. The monoisotopic (exact) mass is 392 g/mol. The third-order valence-electron chi connectivity index (χ3n) is 4.18. The van der Waals surface area contributed by atoms with Gasteiger partial charge in [0.2, 0.25) is 0 Å². The van der Waals surface area contributed by atoms with Crippen molar-refractivity contribution in [3.05, 3.63) is 84.8 Å². The molecular formula is C21H16N2OSe. The van der Waals surface area contributed by atoms with E-state index in [4.69, 9.17) is 0 Å². The van der Waals surface area contributed by atoms with Gasteiger partial charge in [-0.25, -0.2) is 0 Å². The van der Waals surface area contributed by atoms with Crippen LogP contribution in [0.5, 0.6) is 0 Å². The number of fused-ring (bicyclic) bond motifs is 1. The Morgan fingerprint density at radius 2 is 1.72 bits per heavy atom. The molecule has 0 saturated carbocycles. The third kappa shape index (κ3) is 3.02. The maximum atomic E-state index is 13.0. The van der Waals surface area contributed by atoms with Crippen LogP contribution in [0.2, 0.25) is 0 Å². The Labute approximate surface area is 152 Å². The van der Waals surface area contributed by atoms with Crippen LogP contribution < -0.4 is 4.46 Å². The summed E-state index contributed by atoms with van der Waals surface area (Å²) in [4.78, 5) is 17.1. The predicted octanol–water partition coefficient (Wildman–Crippen LogP) is 3.41. The first-order valence-corrected chi connectivity index (χ1v) is 9.71. The van der Waals surface area contributed by atoms with E-state index >= 15 is 0 Å². The first-order chi connectivity index (χ1) is 12.2. The van der Waals surface area contributed by atoms with Gasteiger partial charge >= 0.3 is 152 Å². The zero-order valence-corrected chi connectivity index (χ0v) is 15.4. The first-order valence-electron chi connectivity index (χ1n) is 8.00. The molecule has 0 spiro atoms. The van der Waals surface area contributed by atoms with Gasteiger partial charge in [0.05, 0.1) is 0 Å². The molecule has 0 saturated heterocycles. The molecule has 0 amide bonds. The SMILES string of the molecule is Cn1cc(C(=O)[Se]c2ccccc2)c2c(-c3ccncc3)cccc21. The van der Waals surface area contributed by atoms with E-state index in [2.05, 4.69) is 17.1 Å². The quantitative estimate of drug-likeness (QED) is 0.500. The van der Waals surface area contributed by atoms with E-state index in [9.17, 15) is 4.79 Å². The standard InChI is InChI=1S/C21H16N2OSe/c1-23-14-18(21(24)25-16-6-3-2-4-7-16)20-17(8-5-9-19(20)23)15-10-12-22-13-11-15/h2-14H,1H3. The summed E-state index contributed by atoms with van der Waals surface area (Å²) in [5.74, 6) is 0. The van der Waals surface area contributed by atoms with E-state index in [1.54, 1.807) is 12.4 Å². The molecule has 0 aliphatic carbocycles. The Balaban J connectivity index is 1.86. The van der Waals surface area contributed by atoms with Crippen LogP contribution in [0.4, 0.5) is 0 Å². The van der Waals surface area contributed by atoms with Gasteiger partial charge in [-0.1, -0.05) is 0 Å². The van der Waals surface area contributed by atoms with Gasteiger partial charge in [-0.15, -0.1) is 0 Å². The summed E-state index contributed by atoms with van der Waals surface area (Å²) in [6, 6.07) is 20.1. The van der Waals surface area contributed by atoms with Crippen LogP contribution in [0.3, 0.4) is 0 Å². The number of hydrogen-bond donors (Lipinski definition) is 0. The fraction of sp³-hybridized carbons (Fsp3) is 0.0476. The van der Waals surface area contributed by atoms with Crippen LogP contribution in [0.25, 0.3) is 22.0 Å². The Morgan fingerprint density at radius 1 is 0.960 bits per heavy atom. The Morgan fingerprint density at radius 3 is 2.48 bits per heavy atom. The zero-order valence-electron chi connectivity index (χ0n) is 13.7. The number of rotatable bonds is 4. The van der Waals surface area contributed by atoms with E-state index in [1.807, 2.05) is 66.3 Å². The zero-order chi connectivity index (χ0) is 17.2. The Hall–Kier alpha value is -2.68. The van der Waals surface area contributed by atoms with Crippen LogP contribution in [0, 0.1) is 0 Å². The molecule has 2 aromatic carbocycles. The van der Waals surface area contributed by atoms with Crippen LogP contribution in [-0.4, -0.2) is 29.2 Å². The summed E-state index contributed by atoms with van der Waals surface area (Å²) < 4.78 is 3.33. The van der Waals surface area contributed by atoms with Crippen molar-refractivity contribution in [1.82, 2.24) is 9.55 Å². The predicted molar refractivity (Wildman–Crippen MR) is 102 cm³/mol. The third-order valence-corrected chi connectivity index (χ3v) is 6.10. The van der Waals surface area contributed by atoms with E-state index < -0.39 is 0 Å². The van der Waals surface area contributed by atoms with E-state index in [0.717, 1.165) is 32.1 Å². The van der Waals surface area contributed by atoms with E-state index in [-0.39, 0.29) is 19.6 Å². The van der Waals surface area contributed by atoms with Gasteiger partial charge in [0, 0.05) is 0 Å². The number of pyridine rings is 1. The van der Waals surface area contributed by atoms with E-state index in [1.165, 1.54) is 0 Å². The van der Waals surface area contributed by atoms with Crippen molar-refractivity contribution in [2.24, 2.45) is 7.05 Å². The van der Waals surface area contributed by atoms with Gasteiger partial charge in [0.15, 0.2) is 0 Å². The molecule has 0 bridgehead atoms. The number of aromatic nitrogens is 2. The second-order valence-electron chi connectivity index (χ2n) is 5.79. The molecule has 4 aromatic rings. The van der Waals surface area contributed by atoms with Gasteiger partial charge in [-0.3, -0.25) is 0 Å². The fourth-order valence-corrected chi connectivity index (χ4v) is 4.64. The Kier molecular flexibility index (Phi) is 4.22. The normalized spacial score (nSPS) is 10.9. The Bertz CT molecular complexity index is 1040. The molecule has 0 atom stereocenters. The molecule has 0 N–H and O–H groups in total. The average Bonchev–Trinajstić information content (AvgIpc) is 3.00. The number of nitrogens with zero attached hydrogens (tertiary/aromatic N) is 2. The van der Waals surface area contributed by atoms with Crippen molar-refractivity contribution in [3.63, 3.8) is 0 Å². The van der Waals surface area contributed by atoms with Crippen molar-refractivity contribution < 1.29 is 4.79 Å². The summed E-state index contributed by atoms with van der Waals surface area (Å²) in [6.45, 7) is 0. The molecule has 0 unspecified atom stereocenters. The molecule has 0 fully saturated rings. The van der Waals surface area contributed by atoms with Crippen molar-refractivity contribution in [2.45, 2.75) is 0 Å². The van der Waals surface area contributed by atoms with E-state index in [0.29, 0.717) is 0 Å². The van der Waals surface area contributed by atoms with Crippen LogP contribution in [0.15, 0.2) is 79.3 Å². The number of carbonyl (C=O) groups excluding carboxylic acids is 1. The molecule has 122 valence electrons. The molecule has 4 heteroatoms. The van der Waals surface area contributed by atoms with Crippen molar-refractivity contribution in [3.8, 4) is 11.1 Å². The van der Waals surface area contributed by atoms with Crippen molar-refractivity contribution in [1.29, 1.82) is 0 Å². The minimum absolute atomic E-state index is 0.200. The number of carbonyl (C=O) groups is 1. The van der Waals surface area contributed by atoms with Crippen LogP contribution in [0.1, 0.15) is 10.4 Å². The summed E-state index contributed by atoms with van der Waals surface area (Å²) in [7, 11) is 1.99. The van der Waals surface area contributed by atoms with Gasteiger partial charge in [-0.2, -0.15) is 0 Å². The maximum absolute atomic E-state index is 13.0. The molecule has 0 aliphatic heterocycles. The molecule has 25 heavy (non-hydrogen) atoms. The summed E-state index contributed by atoms with van der Waals surface area (Å²) in [6.07, 6.45) is 5.53. The molecule has 0 radical (unpaired) electrons. The van der Waals surface area contributed by atoms with Gasteiger partial charge < -0.3 is 0 Å². The van der Waals surface area contributed by atoms with Gasteiger partial charge in [0.1, 0.15) is 0 Å². The first kappa shape index (κ1) is 15.8. The average molecular weight is 391 g/mol. The molecule has 4 rings (SSSR count). The van der Waals surface area contributed by atoms with Crippen LogP contribution in [-0.2, 0) is 7.05 Å². The molecule has 3 nitrogen and oxygen atoms in total. The molecular weight excluding hydrogens is 375 g/mol. The summed E-state index contributed by atoms with van der Waals surface area (Å²) in [5.41, 5.74) is 4.02. The van der Waals surface area contributed by atoms with Gasteiger partial charge in [-0.05, 0) is 0 Å². The van der Waals surface area contributed by atoms with Crippen molar-refractivity contribution >= 4 is 35.0 Å². The molecule has 2 heterocycles. The van der Waals surface area contributed by atoms with Crippen molar-refractivity contribution in [2.75, 3.05) is 0 Å².